The van der Waals surface area contributed by atoms with E-state index in [1.54, 1.807) is 6.92 Å². The van der Waals surface area contributed by atoms with E-state index in [2.05, 4.69) is 14.4 Å². The van der Waals surface area contributed by atoms with Gasteiger partial charge in [-0.15, -0.1) is 0 Å². The first kappa shape index (κ1) is 11.5. The molecule has 0 aliphatic heterocycles. The van der Waals surface area contributed by atoms with Crippen LogP contribution in [0, 0.1) is 0 Å². The minimum absolute atomic E-state index is 0.125. The van der Waals surface area contributed by atoms with Crippen molar-refractivity contribution in [2.24, 2.45) is 0 Å². The van der Waals surface area contributed by atoms with Crippen molar-refractivity contribution in [3.63, 3.8) is 0 Å². The second kappa shape index (κ2) is 4.33. The van der Waals surface area contributed by atoms with Crippen molar-refractivity contribution in [1.82, 2.24) is 5.16 Å². The largest absolute Gasteiger partial charge is 0.461 e. The van der Waals surface area contributed by atoms with Gasteiger partial charge in [0.25, 0.3) is 0 Å². The molecule has 0 N–H and O–H groups in total. The van der Waals surface area contributed by atoms with Crippen molar-refractivity contribution in [2.75, 3.05) is 6.61 Å². The molecule has 0 atom stereocenters. The molecule has 0 saturated heterocycles. The van der Waals surface area contributed by atoms with Crippen molar-refractivity contribution in [2.45, 2.75) is 19.5 Å². The van der Waals surface area contributed by atoms with Crippen LogP contribution in [0.1, 0.15) is 23.2 Å². The van der Waals surface area contributed by atoms with E-state index in [9.17, 15) is 18.0 Å². The van der Waals surface area contributed by atoms with Crippen LogP contribution >= 0.6 is 0 Å². The maximum atomic E-state index is 11.9. The van der Waals surface area contributed by atoms with Gasteiger partial charge in [0.05, 0.1) is 6.61 Å². The molecule has 0 aromatic carbocycles. The van der Waals surface area contributed by atoms with E-state index in [-0.39, 0.29) is 12.3 Å². The number of aromatic nitrogens is 1. The van der Waals surface area contributed by atoms with E-state index in [0.29, 0.717) is 0 Å². The Kier molecular flexibility index (Phi) is 3.33. The van der Waals surface area contributed by atoms with E-state index in [0.717, 1.165) is 6.07 Å². The number of carbonyl (C=O) groups is 1. The molecule has 1 aromatic heterocycles. The third-order valence-corrected chi connectivity index (χ3v) is 1.42. The molecule has 0 aliphatic carbocycles. The molecule has 0 fully saturated rings. The average Bonchev–Trinajstić information content (AvgIpc) is 2.50. The van der Waals surface area contributed by atoms with Gasteiger partial charge in [-0.05, 0) is 6.92 Å². The summed E-state index contributed by atoms with van der Waals surface area (Å²) in [5.74, 6) is -1.21. The lowest BCUT2D eigenvalue weighted by atomic mass is 10.3. The monoisotopic (exact) mass is 223 g/mol. The molecule has 0 saturated carbocycles. The van der Waals surface area contributed by atoms with Gasteiger partial charge in [-0.1, -0.05) is 5.16 Å². The Morgan fingerprint density at radius 2 is 2.27 bits per heavy atom. The first-order valence-corrected chi connectivity index (χ1v) is 4.12. The maximum absolute atomic E-state index is 11.9. The summed E-state index contributed by atoms with van der Waals surface area (Å²) in [6.07, 6.45) is -5.63. The van der Waals surface area contributed by atoms with Gasteiger partial charge in [-0.2, -0.15) is 13.2 Å². The smallest absolute Gasteiger partial charge is 0.396 e. The number of nitrogens with zero attached hydrogens (tertiary/aromatic N) is 1. The van der Waals surface area contributed by atoms with E-state index in [4.69, 9.17) is 0 Å². The highest BCUT2D eigenvalue weighted by Gasteiger charge is 2.30. The summed E-state index contributed by atoms with van der Waals surface area (Å²) in [5, 5.41) is 3.17. The fourth-order valence-corrected chi connectivity index (χ4v) is 0.895. The molecule has 4 nitrogen and oxygen atoms in total. The number of rotatable bonds is 3. The van der Waals surface area contributed by atoms with Crippen LogP contribution in [0.15, 0.2) is 10.6 Å². The standard InChI is InChI=1S/C8H8F3NO3/c1-2-14-7(13)6-3-5(15-12-6)4-8(9,10)11/h3H,2,4H2,1H3. The quantitative estimate of drug-likeness (QED) is 0.735. The summed E-state index contributed by atoms with van der Waals surface area (Å²) in [6, 6.07) is 0.922. The van der Waals surface area contributed by atoms with Crippen molar-refractivity contribution >= 4 is 5.97 Å². The van der Waals surface area contributed by atoms with Crippen LogP contribution < -0.4 is 0 Å². The lowest BCUT2D eigenvalue weighted by molar-refractivity contribution is -0.130. The fraction of sp³-hybridized carbons (Fsp3) is 0.500. The lowest BCUT2D eigenvalue weighted by Gasteiger charge is -2.00. The Morgan fingerprint density at radius 1 is 1.60 bits per heavy atom. The highest BCUT2D eigenvalue weighted by Crippen LogP contribution is 2.21. The summed E-state index contributed by atoms with van der Waals surface area (Å²) >= 11 is 0. The van der Waals surface area contributed by atoms with Crippen LogP contribution in [0.4, 0.5) is 13.2 Å². The molecule has 0 amide bonds. The predicted molar refractivity (Wildman–Crippen MR) is 42.2 cm³/mol. The van der Waals surface area contributed by atoms with Gasteiger partial charge in [-0.25, -0.2) is 4.79 Å². The first-order chi connectivity index (χ1) is 6.92. The molecule has 1 aromatic rings. The van der Waals surface area contributed by atoms with Gasteiger partial charge in [-0.3, -0.25) is 0 Å². The van der Waals surface area contributed by atoms with Crippen molar-refractivity contribution < 1.29 is 27.2 Å². The van der Waals surface area contributed by atoms with Crippen LogP contribution in [0.3, 0.4) is 0 Å². The Balaban J connectivity index is 2.68. The van der Waals surface area contributed by atoms with Crippen molar-refractivity contribution in [3.05, 3.63) is 17.5 Å². The van der Waals surface area contributed by atoms with E-state index >= 15 is 0 Å². The first-order valence-electron chi connectivity index (χ1n) is 4.12. The molecule has 0 aliphatic rings. The van der Waals surface area contributed by atoms with Crippen LogP contribution in [0.5, 0.6) is 0 Å². The van der Waals surface area contributed by atoms with Crippen LogP contribution in [0.2, 0.25) is 0 Å². The van der Waals surface area contributed by atoms with Gasteiger partial charge < -0.3 is 9.26 Å². The number of ether oxygens (including phenoxy) is 1. The molecule has 15 heavy (non-hydrogen) atoms. The number of carbonyl (C=O) groups excluding carboxylic acids is 1. The third-order valence-electron chi connectivity index (χ3n) is 1.42. The Morgan fingerprint density at radius 3 is 2.80 bits per heavy atom. The van der Waals surface area contributed by atoms with Gasteiger partial charge in [0, 0.05) is 6.07 Å². The van der Waals surface area contributed by atoms with Gasteiger partial charge in [0.2, 0.25) is 0 Å². The molecule has 0 bridgehead atoms. The third kappa shape index (κ3) is 3.61. The second-order valence-corrected chi connectivity index (χ2v) is 2.69. The Labute approximate surface area is 83.0 Å². The summed E-state index contributed by atoms with van der Waals surface area (Å²) < 4.78 is 44.6. The summed E-state index contributed by atoms with van der Waals surface area (Å²) in [6.45, 7) is 1.70. The highest BCUT2D eigenvalue weighted by atomic mass is 19.4. The molecule has 1 rings (SSSR count). The van der Waals surface area contributed by atoms with Crippen LogP contribution in [-0.4, -0.2) is 23.9 Å². The summed E-state index contributed by atoms with van der Waals surface area (Å²) in [7, 11) is 0. The predicted octanol–water partition coefficient (Wildman–Crippen LogP) is 1.96. The zero-order valence-electron chi connectivity index (χ0n) is 7.80. The minimum atomic E-state index is -4.38. The molecule has 7 heteroatoms. The second-order valence-electron chi connectivity index (χ2n) is 2.69. The van der Waals surface area contributed by atoms with Gasteiger partial charge >= 0.3 is 12.1 Å². The highest BCUT2D eigenvalue weighted by molar-refractivity contribution is 5.87. The van der Waals surface area contributed by atoms with Crippen molar-refractivity contribution in [3.8, 4) is 0 Å². The van der Waals surface area contributed by atoms with E-state index < -0.39 is 24.3 Å². The Bertz CT molecular complexity index is 345. The van der Waals surface area contributed by atoms with Crippen molar-refractivity contribution in [1.29, 1.82) is 0 Å². The fourth-order valence-electron chi connectivity index (χ4n) is 0.895. The average molecular weight is 223 g/mol. The lowest BCUT2D eigenvalue weighted by Crippen LogP contribution is -2.10. The Hall–Kier alpha value is -1.53. The number of alkyl halides is 3. The van der Waals surface area contributed by atoms with Crippen LogP contribution in [-0.2, 0) is 11.2 Å². The van der Waals surface area contributed by atoms with E-state index in [1.165, 1.54) is 0 Å². The number of halogens is 3. The zero-order chi connectivity index (χ0) is 11.5. The van der Waals surface area contributed by atoms with Crippen LogP contribution in [0.25, 0.3) is 0 Å². The number of esters is 1. The number of hydrogen-bond donors (Lipinski definition) is 0. The summed E-state index contributed by atoms with van der Waals surface area (Å²) in [5.41, 5.74) is -0.254. The number of hydrogen-bond acceptors (Lipinski definition) is 4. The van der Waals surface area contributed by atoms with Gasteiger partial charge in [0.1, 0.15) is 12.2 Å². The molecule has 0 radical (unpaired) electrons. The SMILES string of the molecule is CCOC(=O)c1cc(CC(F)(F)F)on1. The topological polar surface area (TPSA) is 52.3 Å². The molecular formula is C8H8F3NO3. The maximum Gasteiger partial charge on any atom is 0.396 e. The zero-order valence-corrected chi connectivity index (χ0v) is 7.80. The molecule has 1 heterocycles. The minimum Gasteiger partial charge on any atom is -0.461 e. The summed E-state index contributed by atoms with van der Waals surface area (Å²) in [4.78, 5) is 11.0. The van der Waals surface area contributed by atoms with E-state index in [1.807, 2.05) is 0 Å². The molecule has 84 valence electrons. The van der Waals surface area contributed by atoms with Gasteiger partial charge in [0.15, 0.2) is 5.69 Å². The molecule has 0 spiro atoms. The molecular weight excluding hydrogens is 215 g/mol. The molecule has 0 unspecified atom stereocenters. The normalized spacial score (nSPS) is 11.5.